The Bertz CT molecular complexity index is 313. The van der Waals surface area contributed by atoms with Gasteiger partial charge in [-0.3, -0.25) is 4.79 Å². The minimum Gasteiger partial charge on any atom is -0.336 e. The van der Waals surface area contributed by atoms with Crippen LogP contribution in [-0.2, 0) is 0 Å². The van der Waals surface area contributed by atoms with Gasteiger partial charge in [-0.15, -0.1) is 11.3 Å². The maximum atomic E-state index is 11.4. The van der Waals surface area contributed by atoms with E-state index in [2.05, 4.69) is 5.32 Å². The largest absolute Gasteiger partial charge is 0.336 e. The summed E-state index contributed by atoms with van der Waals surface area (Å²) >= 11 is 1.37. The Morgan fingerprint density at radius 1 is 1.85 bits per heavy atom. The minimum atomic E-state index is -0.380. The molecule has 1 atom stereocenters. The average molecular weight is 194 g/mol. The fourth-order valence-electron chi connectivity index (χ4n) is 0.863. The zero-order chi connectivity index (χ0) is 9.68. The van der Waals surface area contributed by atoms with Gasteiger partial charge in [0.2, 0.25) is 0 Å². The first-order valence-corrected chi connectivity index (χ1v) is 4.90. The quantitative estimate of drug-likeness (QED) is 0.797. The van der Waals surface area contributed by atoms with Crippen molar-refractivity contribution in [1.82, 2.24) is 5.32 Å². The highest BCUT2D eigenvalue weighted by molar-refractivity contribution is 7.12. The van der Waals surface area contributed by atoms with Crippen LogP contribution in [0.2, 0.25) is 0 Å². The molecule has 0 bridgehead atoms. The minimum absolute atomic E-state index is 0.164. The molecule has 0 spiro atoms. The molecular formula is C9H10N2OS. The van der Waals surface area contributed by atoms with Gasteiger partial charge < -0.3 is 5.32 Å². The number of nitrogens with one attached hydrogen (secondary N) is 1. The molecule has 0 saturated carbocycles. The number of carbonyl (C=O) groups excluding carboxylic acids is 1. The van der Waals surface area contributed by atoms with Crippen molar-refractivity contribution in [3.8, 4) is 6.07 Å². The number of thiophene rings is 1. The van der Waals surface area contributed by atoms with Crippen molar-refractivity contribution in [3.63, 3.8) is 0 Å². The molecular weight excluding hydrogens is 184 g/mol. The maximum Gasteiger partial charge on any atom is 0.262 e. The normalized spacial score (nSPS) is 11.7. The molecule has 13 heavy (non-hydrogen) atoms. The second-order valence-electron chi connectivity index (χ2n) is 2.54. The van der Waals surface area contributed by atoms with E-state index in [0.29, 0.717) is 11.3 Å². The number of nitriles is 1. The summed E-state index contributed by atoms with van der Waals surface area (Å²) in [4.78, 5) is 12.0. The monoisotopic (exact) mass is 194 g/mol. The first-order valence-electron chi connectivity index (χ1n) is 4.02. The molecule has 1 aromatic rings. The van der Waals surface area contributed by atoms with Crippen LogP contribution in [0, 0.1) is 11.3 Å². The van der Waals surface area contributed by atoms with Gasteiger partial charge in [-0.1, -0.05) is 13.0 Å². The lowest BCUT2D eigenvalue weighted by Crippen LogP contribution is -2.32. The zero-order valence-corrected chi connectivity index (χ0v) is 8.10. The SMILES string of the molecule is CC[C@@H](C#N)NC(=O)c1cccs1. The number of carbonyl (C=O) groups is 1. The molecule has 1 rings (SSSR count). The Balaban J connectivity index is 2.57. The smallest absolute Gasteiger partial charge is 0.262 e. The van der Waals surface area contributed by atoms with E-state index in [1.807, 2.05) is 24.4 Å². The first-order chi connectivity index (χ1) is 6.27. The molecule has 0 aliphatic rings. The Morgan fingerprint density at radius 2 is 2.62 bits per heavy atom. The third kappa shape index (κ3) is 2.56. The van der Waals surface area contributed by atoms with E-state index in [9.17, 15) is 4.79 Å². The number of hydrogen-bond donors (Lipinski definition) is 1. The van der Waals surface area contributed by atoms with Gasteiger partial charge >= 0.3 is 0 Å². The lowest BCUT2D eigenvalue weighted by molar-refractivity contribution is 0.0949. The molecule has 3 nitrogen and oxygen atoms in total. The average Bonchev–Trinajstić information content (AvgIpc) is 2.66. The molecule has 1 amide bonds. The molecule has 1 N–H and O–H groups in total. The summed E-state index contributed by atoms with van der Waals surface area (Å²) in [5.74, 6) is -0.164. The topological polar surface area (TPSA) is 52.9 Å². The van der Waals surface area contributed by atoms with E-state index in [-0.39, 0.29) is 11.9 Å². The van der Waals surface area contributed by atoms with Gasteiger partial charge in [0.15, 0.2) is 0 Å². The highest BCUT2D eigenvalue weighted by atomic mass is 32.1. The van der Waals surface area contributed by atoms with Crippen LogP contribution in [0.1, 0.15) is 23.0 Å². The van der Waals surface area contributed by atoms with Crippen molar-refractivity contribution in [2.45, 2.75) is 19.4 Å². The van der Waals surface area contributed by atoms with Gasteiger partial charge in [0.25, 0.3) is 5.91 Å². The lowest BCUT2D eigenvalue weighted by atomic mass is 10.2. The van der Waals surface area contributed by atoms with Crippen molar-refractivity contribution in [2.75, 3.05) is 0 Å². The molecule has 4 heteroatoms. The third-order valence-electron chi connectivity index (χ3n) is 1.61. The van der Waals surface area contributed by atoms with E-state index in [1.165, 1.54) is 11.3 Å². The van der Waals surface area contributed by atoms with Crippen LogP contribution in [0.15, 0.2) is 17.5 Å². The van der Waals surface area contributed by atoms with Gasteiger partial charge in [0.1, 0.15) is 6.04 Å². The molecule has 0 radical (unpaired) electrons. The molecule has 0 aliphatic carbocycles. The highest BCUT2D eigenvalue weighted by Gasteiger charge is 2.11. The van der Waals surface area contributed by atoms with Gasteiger partial charge in [-0.05, 0) is 17.9 Å². The third-order valence-corrected chi connectivity index (χ3v) is 2.48. The van der Waals surface area contributed by atoms with E-state index in [4.69, 9.17) is 5.26 Å². The second-order valence-corrected chi connectivity index (χ2v) is 3.49. The zero-order valence-electron chi connectivity index (χ0n) is 7.28. The number of nitrogens with zero attached hydrogens (tertiary/aromatic N) is 1. The fourth-order valence-corrected chi connectivity index (χ4v) is 1.49. The van der Waals surface area contributed by atoms with Gasteiger partial charge in [0.05, 0.1) is 10.9 Å². The summed E-state index contributed by atoms with van der Waals surface area (Å²) < 4.78 is 0. The van der Waals surface area contributed by atoms with Crippen LogP contribution in [0.4, 0.5) is 0 Å². The van der Waals surface area contributed by atoms with Crippen LogP contribution in [0.25, 0.3) is 0 Å². The predicted molar refractivity (Wildman–Crippen MR) is 51.5 cm³/mol. The standard InChI is InChI=1S/C9H10N2OS/c1-2-7(6-10)11-9(12)8-4-3-5-13-8/h3-5,7H,2H2,1H3,(H,11,12)/t7-/m0/s1. The Kier molecular flexibility index (Phi) is 3.47. The molecule has 0 saturated heterocycles. The summed E-state index contributed by atoms with van der Waals surface area (Å²) in [6.45, 7) is 1.86. The molecule has 68 valence electrons. The molecule has 1 heterocycles. The van der Waals surface area contributed by atoms with Crippen molar-refractivity contribution in [3.05, 3.63) is 22.4 Å². The lowest BCUT2D eigenvalue weighted by Gasteiger charge is -2.06. The molecule has 0 aromatic carbocycles. The first kappa shape index (κ1) is 9.75. The second kappa shape index (κ2) is 4.63. The van der Waals surface area contributed by atoms with Crippen molar-refractivity contribution in [1.29, 1.82) is 5.26 Å². The maximum absolute atomic E-state index is 11.4. The molecule has 0 aliphatic heterocycles. The van der Waals surface area contributed by atoms with E-state index in [1.54, 1.807) is 6.07 Å². The Morgan fingerprint density at radius 3 is 3.08 bits per heavy atom. The Hall–Kier alpha value is -1.34. The van der Waals surface area contributed by atoms with Crippen molar-refractivity contribution in [2.24, 2.45) is 0 Å². The number of hydrogen-bond acceptors (Lipinski definition) is 3. The van der Waals surface area contributed by atoms with E-state index < -0.39 is 0 Å². The van der Waals surface area contributed by atoms with Crippen LogP contribution in [0.5, 0.6) is 0 Å². The summed E-state index contributed by atoms with van der Waals surface area (Å²) in [7, 11) is 0. The van der Waals surface area contributed by atoms with Gasteiger partial charge in [-0.2, -0.15) is 5.26 Å². The Labute approximate surface area is 81.0 Å². The van der Waals surface area contributed by atoms with Gasteiger partial charge in [-0.25, -0.2) is 0 Å². The molecule has 0 fully saturated rings. The summed E-state index contributed by atoms with van der Waals surface area (Å²) in [5.41, 5.74) is 0. The van der Waals surface area contributed by atoms with E-state index >= 15 is 0 Å². The van der Waals surface area contributed by atoms with Crippen LogP contribution in [-0.4, -0.2) is 11.9 Å². The predicted octanol–water partition coefficient (Wildman–Crippen LogP) is 1.78. The van der Waals surface area contributed by atoms with E-state index in [0.717, 1.165) is 0 Å². The van der Waals surface area contributed by atoms with Crippen LogP contribution in [0.3, 0.4) is 0 Å². The highest BCUT2D eigenvalue weighted by Crippen LogP contribution is 2.08. The molecule has 1 aromatic heterocycles. The summed E-state index contributed by atoms with van der Waals surface area (Å²) in [6.07, 6.45) is 0.633. The van der Waals surface area contributed by atoms with Crippen LogP contribution >= 0.6 is 11.3 Å². The number of amides is 1. The van der Waals surface area contributed by atoms with Crippen LogP contribution < -0.4 is 5.32 Å². The van der Waals surface area contributed by atoms with Gasteiger partial charge in [0, 0.05) is 0 Å². The number of rotatable bonds is 3. The fraction of sp³-hybridized carbons (Fsp3) is 0.333. The molecule has 0 unspecified atom stereocenters. The summed E-state index contributed by atoms with van der Waals surface area (Å²) in [5, 5.41) is 13.1. The summed E-state index contributed by atoms with van der Waals surface area (Å²) in [6, 6.07) is 5.19. The van der Waals surface area contributed by atoms with Crippen molar-refractivity contribution >= 4 is 17.2 Å². The van der Waals surface area contributed by atoms with Crippen molar-refractivity contribution < 1.29 is 4.79 Å².